The van der Waals surface area contributed by atoms with Gasteiger partial charge in [0.15, 0.2) is 0 Å². The molecule has 90 valence electrons. The van der Waals surface area contributed by atoms with Gasteiger partial charge < -0.3 is 10.1 Å². The van der Waals surface area contributed by atoms with Crippen molar-refractivity contribution in [3.05, 3.63) is 18.0 Å². The fourth-order valence-electron chi connectivity index (χ4n) is 2.36. The van der Waals surface area contributed by atoms with Crippen molar-refractivity contribution in [2.45, 2.75) is 44.4 Å². The highest BCUT2D eigenvalue weighted by atomic mass is 16.5. The predicted octanol–water partition coefficient (Wildman–Crippen LogP) is 1.47. The quantitative estimate of drug-likeness (QED) is 0.840. The first kappa shape index (κ1) is 11.6. The van der Waals surface area contributed by atoms with Gasteiger partial charge in [-0.25, -0.2) is 0 Å². The lowest BCUT2D eigenvalue weighted by Crippen LogP contribution is -2.41. The third-order valence-corrected chi connectivity index (χ3v) is 3.29. The lowest BCUT2D eigenvalue weighted by molar-refractivity contribution is -0.00516. The van der Waals surface area contributed by atoms with E-state index in [1.54, 1.807) is 0 Å². The first-order valence-electron chi connectivity index (χ1n) is 6.07. The molecule has 1 aliphatic carbocycles. The molecule has 1 saturated carbocycles. The molecule has 2 unspecified atom stereocenters. The summed E-state index contributed by atoms with van der Waals surface area (Å²) in [5.41, 5.74) is 1.02. The highest BCUT2D eigenvalue weighted by molar-refractivity contribution is 4.97. The molecule has 0 amide bonds. The zero-order chi connectivity index (χ0) is 11.4. The van der Waals surface area contributed by atoms with Crippen molar-refractivity contribution in [3.63, 3.8) is 0 Å². The number of aryl methyl sites for hydroxylation is 1. The molecule has 0 aliphatic heterocycles. The zero-order valence-corrected chi connectivity index (χ0v) is 10.1. The minimum Gasteiger partial charge on any atom is -0.370 e. The summed E-state index contributed by atoms with van der Waals surface area (Å²) in [7, 11) is 3.95. The van der Waals surface area contributed by atoms with E-state index in [-0.39, 0.29) is 0 Å². The van der Waals surface area contributed by atoms with E-state index in [1.165, 1.54) is 25.7 Å². The van der Waals surface area contributed by atoms with E-state index in [0.29, 0.717) is 18.8 Å². The average molecular weight is 223 g/mol. The summed E-state index contributed by atoms with van der Waals surface area (Å²) in [6.45, 7) is 0.629. The number of hydrogen-bond acceptors (Lipinski definition) is 3. The maximum Gasteiger partial charge on any atom is 0.0910 e. The van der Waals surface area contributed by atoms with Gasteiger partial charge in [0.2, 0.25) is 0 Å². The van der Waals surface area contributed by atoms with Crippen LogP contribution < -0.4 is 5.32 Å². The lowest BCUT2D eigenvalue weighted by atomic mass is 9.92. The van der Waals surface area contributed by atoms with Crippen LogP contribution >= 0.6 is 0 Å². The van der Waals surface area contributed by atoms with Crippen LogP contribution in [-0.4, -0.2) is 29.0 Å². The number of nitrogens with one attached hydrogen (secondary N) is 1. The zero-order valence-electron chi connectivity index (χ0n) is 10.1. The number of hydrogen-bond donors (Lipinski definition) is 1. The monoisotopic (exact) mass is 223 g/mol. The van der Waals surface area contributed by atoms with Gasteiger partial charge >= 0.3 is 0 Å². The van der Waals surface area contributed by atoms with Crippen molar-refractivity contribution in [2.75, 3.05) is 7.05 Å². The first-order chi connectivity index (χ1) is 7.79. The van der Waals surface area contributed by atoms with Crippen LogP contribution in [0.1, 0.15) is 31.4 Å². The van der Waals surface area contributed by atoms with Crippen LogP contribution in [0.25, 0.3) is 0 Å². The molecule has 4 heteroatoms. The second-order valence-electron chi connectivity index (χ2n) is 4.51. The highest BCUT2D eigenvalue weighted by Gasteiger charge is 2.24. The summed E-state index contributed by atoms with van der Waals surface area (Å²) < 4.78 is 7.76. The SMILES string of the molecule is CNC1CCCCC1OCc1ccn(C)n1. The summed E-state index contributed by atoms with van der Waals surface area (Å²) in [4.78, 5) is 0. The van der Waals surface area contributed by atoms with Gasteiger partial charge in [0.25, 0.3) is 0 Å². The molecule has 0 spiro atoms. The van der Waals surface area contributed by atoms with E-state index in [1.807, 2.05) is 31.0 Å². The van der Waals surface area contributed by atoms with Crippen molar-refractivity contribution in [2.24, 2.45) is 7.05 Å². The van der Waals surface area contributed by atoms with Crippen molar-refractivity contribution >= 4 is 0 Å². The largest absolute Gasteiger partial charge is 0.370 e. The molecule has 1 heterocycles. The van der Waals surface area contributed by atoms with Gasteiger partial charge in [-0.2, -0.15) is 5.10 Å². The van der Waals surface area contributed by atoms with Gasteiger partial charge in [-0.15, -0.1) is 0 Å². The van der Waals surface area contributed by atoms with Crippen molar-refractivity contribution in [1.29, 1.82) is 0 Å². The predicted molar refractivity (Wildman–Crippen MR) is 63.1 cm³/mol. The fourth-order valence-corrected chi connectivity index (χ4v) is 2.36. The standard InChI is InChI=1S/C12H21N3O/c1-13-11-5-3-4-6-12(11)16-9-10-7-8-15(2)14-10/h7-8,11-13H,3-6,9H2,1-2H3. The second-order valence-corrected chi connectivity index (χ2v) is 4.51. The van der Waals surface area contributed by atoms with Gasteiger partial charge in [-0.05, 0) is 26.0 Å². The van der Waals surface area contributed by atoms with Gasteiger partial charge in [-0.1, -0.05) is 12.8 Å². The molecule has 1 N–H and O–H groups in total. The van der Waals surface area contributed by atoms with Crippen LogP contribution in [0.3, 0.4) is 0 Å². The van der Waals surface area contributed by atoms with E-state index in [9.17, 15) is 0 Å². The second kappa shape index (κ2) is 5.46. The van der Waals surface area contributed by atoms with Gasteiger partial charge in [-0.3, -0.25) is 4.68 Å². The molecule has 2 rings (SSSR count). The van der Waals surface area contributed by atoms with Crippen LogP contribution in [0.4, 0.5) is 0 Å². The maximum absolute atomic E-state index is 5.95. The first-order valence-corrected chi connectivity index (χ1v) is 6.07. The Kier molecular flexibility index (Phi) is 3.96. The van der Waals surface area contributed by atoms with E-state index in [4.69, 9.17) is 4.74 Å². The number of ether oxygens (including phenoxy) is 1. The average Bonchev–Trinajstić information content (AvgIpc) is 2.73. The minimum absolute atomic E-state index is 0.348. The molecule has 0 aromatic carbocycles. The molecule has 1 aromatic rings. The fraction of sp³-hybridized carbons (Fsp3) is 0.750. The molecular formula is C12H21N3O. The third kappa shape index (κ3) is 2.83. The summed E-state index contributed by atoms with van der Waals surface area (Å²) in [6.07, 6.45) is 7.29. The van der Waals surface area contributed by atoms with E-state index in [0.717, 1.165) is 5.69 Å². The Morgan fingerprint density at radius 1 is 1.50 bits per heavy atom. The molecule has 1 fully saturated rings. The molecule has 0 saturated heterocycles. The summed E-state index contributed by atoms with van der Waals surface area (Å²) in [5.74, 6) is 0. The normalized spacial score (nSPS) is 25.9. The topological polar surface area (TPSA) is 39.1 Å². The van der Waals surface area contributed by atoms with Crippen LogP contribution in [0.2, 0.25) is 0 Å². The molecule has 1 aromatic heterocycles. The highest BCUT2D eigenvalue weighted by Crippen LogP contribution is 2.21. The summed E-state index contributed by atoms with van der Waals surface area (Å²) in [5, 5.41) is 7.66. The number of rotatable bonds is 4. The Morgan fingerprint density at radius 2 is 2.31 bits per heavy atom. The van der Waals surface area contributed by atoms with E-state index in [2.05, 4.69) is 10.4 Å². The van der Waals surface area contributed by atoms with Crippen LogP contribution in [0, 0.1) is 0 Å². The number of aromatic nitrogens is 2. The number of likely N-dealkylation sites (N-methyl/N-ethyl adjacent to an activating group) is 1. The smallest absolute Gasteiger partial charge is 0.0910 e. The summed E-state index contributed by atoms with van der Waals surface area (Å²) in [6, 6.07) is 2.52. The van der Waals surface area contributed by atoms with E-state index >= 15 is 0 Å². The van der Waals surface area contributed by atoms with Gasteiger partial charge in [0, 0.05) is 19.3 Å². The van der Waals surface area contributed by atoms with Gasteiger partial charge in [0.1, 0.15) is 0 Å². The Hall–Kier alpha value is -0.870. The van der Waals surface area contributed by atoms with Crippen LogP contribution in [-0.2, 0) is 18.4 Å². The van der Waals surface area contributed by atoms with Crippen molar-refractivity contribution < 1.29 is 4.74 Å². The van der Waals surface area contributed by atoms with Crippen molar-refractivity contribution in [1.82, 2.24) is 15.1 Å². The third-order valence-electron chi connectivity index (χ3n) is 3.29. The Balaban J connectivity index is 1.84. The van der Waals surface area contributed by atoms with Crippen LogP contribution in [0.15, 0.2) is 12.3 Å². The van der Waals surface area contributed by atoms with Gasteiger partial charge in [0.05, 0.1) is 18.4 Å². The molecule has 0 bridgehead atoms. The Bertz CT molecular complexity index is 324. The Morgan fingerprint density at radius 3 is 3.00 bits per heavy atom. The molecular weight excluding hydrogens is 202 g/mol. The Labute approximate surface area is 97.0 Å². The summed E-state index contributed by atoms with van der Waals surface area (Å²) >= 11 is 0. The van der Waals surface area contributed by atoms with Crippen LogP contribution in [0.5, 0.6) is 0 Å². The number of nitrogens with zero attached hydrogens (tertiary/aromatic N) is 2. The maximum atomic E-state index is 5.95. The van der Waals surface area contributed by atoms with E-state index < -0.39 is 0 Å². The molecule has 16 heavy (non-hydrogen) atoms. The molecule has 4 nitrogen and oxygen atoms in total. The van der Waals surface area contributed by atoms with Crippen molar-refractivity contribution in [3.8, 4) is 0 Å². The minimum atomic E-state index is 0.348. The lowest BCUT2D eigenvalue weighted by Gasteiger charge is -2.30. The molecule has 0 radical (unpaired) electrons. The molecule has 2 atom stereocenters. The molecule has 1 aliphatic rings.